The molecule has 2 rings (SSSR count). The summed E-state index contributed by atoms with van der Waals surface area (Å²) < 4.78 is 5.40. The van der Waals surface area contributed by atoms with E-state index in [1.807, 2.05) is 42.2 Å². The van der Waals surface area contributed by atoms with Crippen molar-refractivity contribution in [3.8, 4) is 0 Å². The van der Waals surface area contributed by atoms with Gasteiger partial charge in [-0.3, -0.25) is 0 Å². The lowest BCUT2D eigenvalue weighted by molar-refractivity contribution is -0.870. The van der Waals surface area contributed by atoms with Crippen LogP contribution in [0.5, 0.6) is 0 Å². The molecule has 0 radical (unpaired) electrons. The Morgan fingerprint density at radius 3 is 1.10 bits per heavy atom. The minimum Gasteiger partial charge on any atom is -0.331 e. The number of aryl methyl sites for hydroxylation is 2. The minimum absolute atomic E-state index is 1.12. The summed E-state index contributed by atoms with van der Waals surface area (Å²) >= 11 is 0. The second-order valence-corrected chi connectivity index (χ2v) is 13.0. The van der Waals surface area contributed by atoms with Crippen molar-refractivity contribution in [1.82, 2.24) is 0 Å². The van der Waals surface area contributed by atoms with Gasteiger partial charge in [-0.15, -0.1) is 0 Å². The van der Waals surface area contributed by atoms with Crippen LogP contribution < -0.4 is 9.13 Å². The molecule has 0 N–H and O–H groups in total. The van der Waals surface area contributed by atoms with Crippen molar-refractivity contribution < 1.29 is 13.6 Å². The minimum atomic E-state index is 1.12. The Morgan fingerprint density at radius 2 is 0.756 bits per heavy atom. The van der Waals surface area contributed by atoms with Gasteiger partial charge in [-0.25, -0.2) is 9.13 Å². The average Bonchev–Trinajstić information content (AvgIpc) is 2.96. The van der Waals surface area contributed by atoms with Gasteiger partial charge in [0.15, 0.2) is 24.8 Å². The molecular weight excluding hydrogens is 498 g/mol. The van der Waals surface area contributed by atoms with Gasteiger partial charge in [-0.1, -0.05) is 129 Å². The molecule has 41 heavy (non-hydrogen) atoms. The maximum atomic E-state index is 2.29. The van der Waals surface area contributed by atoms with Gasteiger partial charge in [0.2, 0.25) is 0 Å². The highest BCUT2D eigenvalue weighted by atomic mass is 15.3. The van der Waals surface area contributed by atoms with Crippen molar-refractivity contribution >= 4 is 0 Å². The third kappa shape index (κ3) is 32.6. The van der Waals surface area contributed by atoms with E-state index in [4.69, 9.17) is 0 Å². The van der Waals surface area contributed by atoms with Crippen LogP contribution in [0.2, 0.25) is 0 Å². The fourth-order valence-electron chi connectivity index (χ4n) is 4.92. The van der Waals surface area contributed by atoms with Gasteiger partial charge in [0.05, 0.1) is 27.7 Å². The van der Waals surface area contributed by atoms with Crippen LogP contribution in [-0.4, -0.2) is 32.2 Å². The van der Waals surface area contributed by atoms with E-state index in [0.29, 0.717) is 0 Å². The zero-order valence-corrected chi connectivity index (χ0v) is 28.7. The van der Waals surface area contributed by atoms with Gasteiger partial charge in [0.25, 0.3) is 0 Å². The number of aromatic nitrogens is 2. The van der Waals surface area contributed by atoms with Crippen molar-refractivity contribution in [3.05, 3.63) is 61.2 Å². The first-order chi connectivity index (χ1) is 19.9. The van der Waals surface area contributed by atoms with Crippen LogP contribution in [0.25, 0.3) is 0 Å². The number of quaternary nitrogens is 1. The van der Waals surface area contributed by atoms with Gasteiger partial charge in [-0.05, 0) is 19.3 Å². The van der Waals surface area contributed by atoms with E-state index in [-0.39, 0.29) is 0 Å². The van der Waals surface area contributed by atoms with Crippen LogP contribution >= 0.6 is 0 Å². The maximum Gasteiger partial charge on any atom is 0.168 e. The Kier molecular flexibility index (Phi) is 28.5. The molecular formula is C38H72N3+3. The van der Waals surface area contributed by atoms with Crippen LogP contribution in [0.3, 0.4) is 0 Å². The molecule has 0 amide bonds. The molecule has 0 aromatic carbocycles. The Hall–Kier alpha value is -1.74. The molecule has 2 aromatic heterocycles. The lowest BCUT2D eigenvalue weighted by atomic mass is 10.1. The van der Waals surface area contributed by atoms with E-state index in [1.165, 1.54) is 142 Å². The van der Waals surface area contributed by atoms with Gasteiger partial charge < -0.3 is 4.48 Å². The third-order valence-electron chi connectivity index (χ3n) is 7.59. The van der Waals surface area contributed by atoms with Gasteiger partial charge in [0.1, 0.15) is 13.6 Å². The summed E-state index contributed by atoms with van der Waals surface area (Å²) in [6.07, 6.45) is 36.9. The van der Waals surface area contributed by atoms with Gasteiger partial charge >= 0.3 is 0 Å². The summed E-state index contributed by atoms with van der Waals surface area (Å²) in [4.78, 5) is 0. The van der Waals surface area contributed by atoms with Crippen molar-refractivity contribution in [2.75, 3.05) is 27.7 Å². The molecule has 2 heterocycles. The predicted octanol–water partition coefficient (Wildman–Crippen LogP) is 10.0. The molecule has 0 aliphatic heterocycles. The maximum absolute atomic E-state index is 2.29. The Labute approximate surface area is 258 Å². The summed E-state index contributed by atoms with van der Waals surface area (Å²) in [5, 5.41) is 0. The first-order valence-electron chi connectivity index (χ1n) is 17.5. The van der Waals surface area contributed by atoms with Crippen molar-refractivity contribution in [2.24, 2.45) is 7.05 Å². The first-order valence-corrected chi connectivity index (χ1v) is 17.5. The molecule has 3 nitrogen and oxygen atoms in total. The molecule has 0 unspecified atom stereocenters. The number of hydrogen-bond donors (Lipinski definition) is 0. The molecule has 0 saturated heterocycles. The molecule has 236 valence electrons. The van der Waals surface area contributed by atoms with Crippen molar-refractivity contribution in [3.63, 3.8) is 0 Å². The quantitative estimate of drug-likeness (QED) is 0.0756. The van der Waals surface area contributed by atoms with Crippen LogP contribution in [0.1, 0.15) is 142 Å². The number of rotatable bonds is 22. The van der Waals surface area contributed by atoms with Gasteiger partial charge in [0, 0.05) is 30.7 Å². The summed E-state index contributed by atoms with van der Waals surface area (Å²) in [7, 11) is 8.86. The number of unbranched alkanes of at least 4 members (excludes halogenated alkanes) is 18. The molecule has 0 aliphatic rings. The van der Waals surface area contributed by atoms with E-state index in [1.54, 1.807) is 0 Å². The summed E-state index contributed by atoms with van der Waals surface area (Å²) in [6, 6.07) is 12.3. The summed E-state index contributed by atoms with van der Waals surface area (Å²) in [6.45, 7) is 7.08. The lowest BCUT2D eigenvalue weighted by Crippen LogP contribution is -2.35. The highest BCUT2D eigenvalue weighted by Crippen LogP contribution is 2.11. The van der Waals surface area contributed by atoms with Crippen LogP contribution in [0.15, 0.2) is 61.2 Å². The molecule has 0 atom stereocenters. The van der Waals surface area contributed by atoms with E-state index < -0.39 is 0 Å². The predicted molar refractivity (Wildman–Crippen MR) is 181 cm³/mol. The standard InChI is InChI=1S/C17H30N.C15H34N.C6H8N/c1-2-3-4-5-6-7-8-9-10-12-15-18-16-13-11-14-17-18;1-5-6-7-8-9-10-11-12-13-14-15-16(2,3)4;1-7-5-3-2-4-6-7/h11,13-14,16-17H,2-10,12,15H2,1H3;5-15H2,1-4H3;2-6H,1H3/q3*+1. The Morgan fingerprint density at radius 1 is 0.415 bits per heavy atom. The van der Waals surface area contributed by atoms with E-state index in [0.717, 1.165) is 4.48 Å². The molecule has 3 heteroatoms. The first kappa shape index (κ1) is 39.3. The van der Waals surface area contributed by atoms with Crippen LogP contribution in [0.4, 0.5) is 0 Å². The Balaban J connectivity index is 0.000000635. The van der Waals surface area contributed by atoms with Gasteiger partial charge in [-0.2, -0.15) is 0 Å². The monoisotopic (exact) mass is 571 g/mol. The zero-order chi connectivity index (χ0) is 30.3. The molecule has 0 fully saturated rings. The molecule has 2 aromatic rings. The zero-order valence-electron chi connectivity index (χ0n) is 28.7. The van der Waals surface area contributed by atoms with E-state index in [2.05, 4.69) is 70.2 Å². The lowest BCUT2D eigenvalue weighted by Gasteiger charge is -2.23. The smallest absolute Gasteiger partial charge is 0.168 e. The SMILES string of the molecule is CCCCCCCCCCCC[N+](C)(C)C.CCCCCCCCCCCC[n+]1ccccc1.C[n+]1ccccc1. The normalized spacial score (nSPS) is 10.9. The number of nitrogens with zero attached hydrogens (tertiary/aromatic N) is 3. The number of pyridine rings is 2. The van der Waals surface area contributed by atoms with Crippen LogP contribution in [-0.2, 0) is 13.6 Å². The van der Waals surface area contributed by atoms with E-state index >= 15 is 0 Å². The second kappa shape index (κ2) is 29.7. The fourth-order valence-corrected chi connectivity index (χ4v) is 4.92. The fraction of sp³-hybridized carbons (Fsp3) is 0.737. The highest BCUT2D eigenvalue weighted by Gasteiger charge is 2.05. The third-order valence-corrected chi connectivity index (χ3v) is 7.59. The molecule has 0 saturated carbocycles. The topological polar surface area (TPSA) is 7.76 Å². The Bertz CT molecular complexity index is 739. The van der Waals surface area contributed by atoms with Crippen molar-refractivity contribution in [2.45, 2.75) is 149 Å². The largest absolute Gasteiger partial charge is 0.331 e. The molecule has 0 spiro atoms. The highest BCUT2D eigenvalue weighted by molar-refractivity contribution is 4.83. The summed E-state index contributed by atoms with van der Waals surface area (Å²) in [5.41, 5.74) is 0. The summed E-state index contributed by atoms with van der Waals surface area (Å²) in [5.74, 6) is 0. The molecule has 0 aliphatic carbocycles. The van der Waals surface area contributed by atoms with Crippen molar-refractivity contribution in [1.29, 1.82) is 0 Å². The number of hydrogen-bond acceptors (Lipinski definition) is 0. The average molecular weight is 571 g/mol. The van der Waals surface area contributed by atoms with E-state index in [9.17, 15) is 0 Å². The second-order valence-electron chi connectivity index (χ2n) is 13.0. The van der Waals surface area contributed by atoms with Crippen LogP contribution in [0, 0.1) is 0 Å². The molecule has 0 bridgehead atoms.